The number of nitrogens with one attached hydrogen (secondary N) is 1. The molecule has 1 spiro atoms. The number of amides is 1. The molecule has 4 aliphatic rings. The molecule has 1 amide bonds. The topological polar surface area (TPSA) is 69.6 Å². The summed E-state index contributed by atoms with van der Waals surface area (Å²) in [7, 11) is 0. The van der Waals surface area contributed by atoms with Crippen molar-refractivity contribution >= 4 is 11.9 Å². The van der Waals surface area contributed by atoms with Crippen LogP contribution in [-0.2, 0) is 14.3 Å². The van der Waals surface area contributed by atoms with Crippen LogP contribution in [0.4, 0.5) is 0 Å². The van der Waals surface area contributed by atoms with E-state index >= 15 is 0 Å². The van der Waals surface area contributed by atoms with Crippen molar-refractivity contribution < 1.29 is 14.3 Å². The average molecular weight is 422 g/mol. The minimum Gasteiger partial charge on any atom is -0.378 e. The van der Waals surface area contributed by atoms with Gasteiger partial charge in [-0.15, -0.1) is 0 Å². The Hall–Kier alpha value is -1.38. The second kappa shape index (κ2) is 9.83. The highest BCUT2D eigenvalue weighted by Gasteiger charge is 2.59. The molecule has 2 atom stereocenters. The maximum absolute atomic E-state index is 12.5. The molecular weight excluding hydrogens is 382 g/mol. The molecule has 8 heteroatoms. The molecule has 2 unspecified atom stereocenters. The summed E-state index contributed by atoms with van der Waals surface area (Å²) in [6.07, 6.45) is 5.36. The molecule has 0 aromatic carbocycles. The monoisotopic (exact) mass is 421 g/mol. The van der Waals surface area contributed by atoms with Crippen LogP contribution >= 0.6 is 0 Å². The minimum absolute atomic E-state index is 0.232. The number of carbonyl (C=O) groups excluding carboxylic acids is 1. The summed E-state index contributed by atoms with van der Waals surface area (Å²) in [5.74, 6) is 1.28. The molecule has 8 nitrogen and oxygen atoms in total. The summed E-state index contributed by atoms with van der Waals surface area (Å²) in [5.41, 5.74) is 0.330. The van der Waals surface area contributed by atoms with E-state index in [4.69, 9.17) is 14.5 Å². The normalized spacial score (nSPS) is 29.5. The van der Waals surface area contributed by atoms with Crippen LogP contribution < -0.4 is 5.32 Å². The van der Waals surface area contributed by atoms with Gasteiger partial charge < -0.3 is 24.6 Å². The molecule has 2 saturated heterocycles. The fraction of sp³-hybridized carbons (Fsp3) is 0.909. The molecule has 30 heavy (non-hydrogen) atoms. The first-order valence-corrected chi connectivity index (χ1v) is 11.9. The fourth-order valence-electron chi connectivity index (χ4n) is 5.41. The van der Waals surface area contributed by atoms with Crippen molar-refractivity contribution in [3.05, 3.63) is 0 Å². The zero-order valence-corrected chi connectivity index (χ0v) is 18.8. The zero-order chi connectivity index (χ0) is 21.0. The third kappa shape index (κ3) is 4.46. The molecule has 2 aliphatic carbocycles. The summed E-state index contributed by atoms with van der Waals surface area (Å²) in [6, 6.07) is 0.481. The number of hydrogen-bond acceptors (Lipinski definition) is 5. The molecular formula is C22H39N5O3. The lowest BCUT2D eigenvalue weighted by atomic mass is 9.51. The van der Waals surface area contributed by atoms with E-state index in [0.29, 0.717) is 37.3 Å². The van der Waals surface area contributed by atoms with Gasteiger partial charge in [-0.05, 0) is 33.1 Å². The van der Waals surface area contributed by atoms with Crippen molar-refractivity contribution in [3.63, 3.8) is 0 Å². The van der Waals surface area contributed by atoms with Crippen molar-refractivity contribution in [2.24, 2.45) is 10.4 Å². The largest absolute Gasteiger partial charge is 0.378 e. The fourth-order valence-corrected chi connectivity index (χ4v) is 5.41. The van der Waals surface area contributed by atoms with E-state index in [-0.39, 0.29) is 5.91 Å². The van der Waals surface area contributed by atoms with Crippen LogP contribution in [0.15, 0.2) is 4.99 Å². The quantitative estimate of drug-likeness (QED) is 0.505. The number of hydrogen-bond donors (Lipinski definition) is 1. The molecule has 0 radical (unpaired) electrons. The van der Waals surface area contributed by atoms with Crippen LogP contribution in [0.1, 0.15) is 39.5 Å². The van der Waals surface area contributed by atoms with Crippen LogP contribution in [0.3, 0.4) is 0 Å². The van der Waals surface area contributed by atoms with Crippen LogP contribution in [0.2, 0.25) is 0 Å². The Bertz CT molecular complexity index is 610. The Morgan fingerprint density at radius 1 is 1.10 bits per heavy atom. The van der Waals surface area contributed by atoms with Crippen molar-refractivity contribution in [2.45, 2.75) is 51.7 Å². The van der Waals surface area contributed by atoms with E-state index in [9.17, 15) is 4.79 Å². The number of nitrogens with zero attached hydrogens (tertiary/aromatic N) is 4. The van der Waals surface area contributed by atoms with Crippen LogP contribution in [0, 0.1) is 5.41 Å². The van der Waals surface area contributed by atoms with Gasteiger partial charge in [0.1, 0.15) is 0 Å². The highest BCUT2D eigenvalue weighted by molar-refractivity contribution is 5.81. The van der Waals surface area contributed by atoms with Crippen LogP contribution in [0.5, 0.6) is 0 Å². The Labute approximate surface area is 180 Å². The first kappa shape index (κ1) is 21.8. The van der Waals surface area contributed by atoms with E-state index in [1.807, 2.05) is 4.90 Å². The highest BCUT2D eigenvalue weighted by Crippen LogP contribution is 2.57. The van der Waals surface area contributed by atoms with Gasteiger partial charge in [0.2, 0.25) is 5.91 Å². The van der Waals surface area contributed by atoms with E-state index < -0.39 is 0 Å². The van der Waals surface area contributed by atoms with Crippen LogP contribution in [0.25, 0.3) is 0 Å². The predicted octanol–water partition coefficient (Wildman–Crippen LogP) is 0.776. The van der Waals surface area contributed by atoms with Gasteiger partial charge in [0.05, 0.1) is 25.9 Å². The molecule has 4 fully saturated rings. The molecule has 170 valence electrons. The van der Waals surface area contributed by atoms with E-state index in [1.165, 1.54) is 19.3 Å². The van der Waals surface area contributed by atoms with E-state index in [2.05, 4.69) is 29.0 Å². The second-order valence-corrected chi connectivity index (χ2v) is 9.02. The molecule has 2 saturated carbocycles. The third-order valence-corrected chi connectivity index (χ3v) is 7.44. The third-order valence-electron chi connectivity index (χ3n) is 7.44. The number of rotatable bonds is 6. The predicted molar refractivity (Wildman–Crippen MR) is 117 cm³/mol. The van der Waals surface area contributed by atoms with Gasteiger partial charge in [0.25, 0.3) is 0 Å². The van der Waals surface area contributed by atoms with Gasteiger partial charge in [-0.3, -0.25) is 14.7 Å². The number of aliphatic imine (C=N–C) groups is 1. The SMILES string of the molecule is CCN=C(NC1CC(OCC)C12CCC2)N1CCN(CC(=O)N2CCOCC2)CC1. The molecule has 1 N–H and O–H groups in total. The summed E-state index contributed by atoms with van der Waals surface area (Å²) >= 11 is 0. The van der Waals surface area contributed by atoms with Gasteiger partial charge >= 0.3 is 0 Å². The number of piperazine rings is 1. The number of ether oxygens (including phenoxy) is 2. The average Bonchev–Trinajstić information content (AvgIpc) is 2.72. The van der Waals surface area contributed by atoms with Crippen LogP contribution in [-0.4, -0.2) is 111 Å². The summed E-state index contributed by atoms with van der Waals surface area (Å²) in [5, 5.41) is 3.80. The zero-order valence-electron chi connectivity index (χ0n) is 18.8. The number of guanidine groups is 1. The van der Waals surface area contributed by atoms with Crippen molar-refractivity contribution in [2.75, 3.05) is 72.2 Å². The Kier molecular flexibility index (Phi) is 7.16. The lowest BCUT2D eigenvalue weighted by Gasteiger charge is -2.61. The molecule has 2 aliphatic heterocycles. The number of morpholine rings is 1. The Morgan fingerprint density at radius 3 is 2.43 bits per heavy atom. The maximum Gasteiger partial charge on any atom is 0.236 e. The first-order chi connectivity index (χ1) is 14.7. The Morgan fingerprint density at radius 2 is 1.83 bits per heavy atom. The molecule has 2 heterocycles. The Balaban J connectivity index is 1.27. The standard InChI is InChI=1S/C22H39N5O3/c1-3-23-21(24-18-16-19(30-4-2)22(18)6-5-7-22)27-10-8-25(9-11-27)17-20(28)26-12-14-29-15-13-26/h18-19H,3-17H2,1-2H3,(H,23,24). The maximum atomic E-state index is 12.5. The summed E-state index contributed by atoms with van der Waals surface area (Å²) in [6.45, 7) is 12.7. The molecule has 0 aromatic heterocycles. The van der Waals surface area contributed by atoms with Gasteiger partial charge in [-0.25, -0.2) is 0 Å². The molecule has 4 rings (SSSR count). The molecule has 0 aromatic rings. The second-order valence-electron chi connectivity index (χ2n) is 9.02. The summed E-state index contributed by atoms with van der Waals surface area (Å²) < 4.78 is 11.4. The van der Waals surface area contributed by atoms with Crippen molar-refractivity contribution in [1.82, 2.24) is 20.0 Å². The minimum atomic E-state index is 0.232. The van der Waals surface area contributed by atoms with Gasteiger partial charge in [-0.2, -0.15) is 0 Å². The van der Waals surface area contributed by atoms with Crippen molar-refractivity contribution in [3.8, 4) is 0 Å². The van der Waals surface area contributed by atoms with E-state index in [0.717, 1.165) is 64.8 Å². The van der Waals surface area contributed by atoms with E-state index in [1.54, 1.807) is 0 Å². The summed E-state index contributed by atoms with van der Waals surface area (Å²) in [4.78, 5) is 23.9. The first-order valence-electron chi connectivity index (χ1n) is 11.9. The lowest BCUT2D eigenvalue weighted by Crippen LogP contribution is -2.69. The lowest BCUT2D eigenvalue weighted by molar-refractivity contribution is -0.169. The number of carbonyl (C=O) groups is 1. The highest BCUT2D eigenvalue weighted by atomic mass is 16.5. The van der Waals surface area contributed by atoms with Gasteiger partial charge in [-0.1, -0.05) is 6.42 Å². The molecule has 0 bridgehead atoms. The van der Waals surface area contributed by atoms with Gasteiger partial charge in [0.15, 0.2) is 5.96 Å². The smallest absolute Gasteiger partial charge is 0.236 e. The van der Waals surface area contributed by atoms with Crippen molar-refractivity contribution in [1.29, 1.82) is 0 Å². The van der Waals surface area contributed by atoms with Gasteiger partial charge in [0, 0.05) is 63.9 Å².